The van der Waals surface area contributed by atoms with Crippen molar-refractivity contribution in [1.82, 2.24) is 0 Å². The van der Waals surface area contributed by atoms with Crippen molar-refractivity contribution in [3.8, 4) is 0 Å². The maximum absolute atomic E-state index is 9.03. The number of ether oxygens (including phenoxy) is 1. The van der Waals surface area contributed by atoms with Gasteiger partial charge in [-0.1, -0.05) is 84.0 Å². The number of aliphatic hydroxyl groups is 1. The van der Waals surface area contributed by atoms with Crippen LogP contribution in [0.4, 0.5) is 0 Å². The van der Waals surface area contributed by atoms with Crippen molar-refractivity contribution >= 4 is 0 Å². The van der Waals surface area contributed by atoms with Crippen LogP contribution in [0.1, 0.15) is 96.8 Å². The van der Waals surface area contributed by atoms with Crippen LogP contribution in [0.15, 0.2) is 0 Å². The molecule has 0 aromatic heterocycles. The Balaban J connectivity index is 1.73. The molecule has 0 aromatic carbocycles. The van der Waals surface area contributed by atoms with Crippen LogP contribution in [-0.2, 0) is 4.74 Å². The summed E-state index contributed by atoms with van der Waals surface area (Å²) in [5, 5.41) is 9.03. The number of hydrogen-bond donors (Lipinski definition) is 1. The van der Waals surface area contributed by atoms with Gasteiger partial charge in [0.05, 0.1) is 12.7 Å². The molecule has 1 aliphatic rings. The number of unbranched alkanes of at least 4 members (excludes halogenated alkanes) is 11. The van der Waals surface area contributed by atoms with E-state index < -0.39 is 0 Å². The molecule has 0 saturated carbocycles. The second-order valence-electron chi connectivity index (χ2n) is 6.92. The fourth-order valence-corrected chi connectivity index (χ4v) is 3.38. The van der Waals surface area contributed by atoms with Gasteiger partial charge < -0.3 is 9.84 Å². The number of aliphatic hydroxyl groups excluding tert-OH is 1. The Hall–Kier alpha value is -0.0800. The van der Waals surface area contributed by atoms with Gasteiger partial charge in [-0.25, -0.2) is 0 Å². The van der Waals surface area contributed by atoms with Crippen LogP contribution in [0.25, 0.3) is 0 Å². The number of rotatable bonds is 14. The van der Waals surface area contributed by atoms with Gasteiger partial charge in [0.1, 0.15) is 0 Å². The lowest BCUT2D eigenvalue weighted by molar-refractivity contribution is 0.0571. The Morgan fingerprint density at radius 1 is 0.810 bits per heavy atom. The molecule has 0 radical (unpaired) electrons. The van der Waals surface area contributed by atoms with Crippen LogP contribution in [-0.4, -0.2) is 24.4 Å². The van der Waals surface area contributed by atoms with Crippen LogP contribution in [0, 0.1) is 5.92 Å². The first kappa shape index (κ1) is 19.0. The van der Waals surface area contributed by atoms with Gasteiger partial charge in [-0.05, 0) is 18.8 Å². The highest BCUT2D eigenvalue weighted by atomic mass is 16.5. The molecule has 1 N–H and O–H groups in total. The summed E-state index contributed by atoms with van der Waals surface area (Å²) in [6.07, 6.45) is 19.5. The second-order valence-corrected chi connectivity index (χ2v) is 6.92. The molecular formula is C19H38O2. The lowest BCUT2D eigenvalue weighted by atomic mass is 9.97. The molecular weight excluding hydrogens is 260 g/mol. The van der Waals surface area contributed by atoms with Gasteiger partial charge in [0.15, 0.2) is 0 Å². The molecule has 1 fully saturated rings. The largest absolute Gasteiger partial charge is 0.394 e. The standard InChI is InChI=1S/C19H38O2/c1-2-3-4-5-6-7-8-9-10-11-12-13-14-18-15-19(16-20)21-17-18/h18-20H,2-17H2,1H3/t18-,19-/m0/s1. The first-order valence-corrected chi connectivity index (χ1v) is 9.59. The maximum atomic E-state index is 9.03. The van der Waals surface area contributed by atoms with Gasteiger partial charge >= 0.3 is 0 Å². The summed E-state index contributed by atoms with van der Waals surface area (Å²) >= 11 is 0. The summed E-state index contributed by atoms with van der Waals surface area (Å²) in [4.78, 5) is 0. The van der Waals surface area contributed by atoms with Crippen molar-refractivity contribution < 1.29 is 9.84 Å². The quantitative estimate of drug-likeness (QED) is 0.431. The summed E-state index contributed by atoms with van der Waals surface area (Å²) in [5.41, 5.74) is 0. The molecule has 0 aliphatic carbocycles. The smallest absolute Gasteiger partial charge is 0.0809 e. The minimum absolute atomic E-state index is 0.132. The van der Waals surface area contributed by atoms with Gasteiger partial charge in [0.25, 0.3) is 0 Å². The third-order valence-electron chi connectivity index (χ3n) is 4.83. The SMILES string of the molecule is CCCCCCCCCCCCCC[C@@H]1CO[C@H](CO)C1. The van der Waals surface area contributed by atoms with E-state index in [2.05, 4.69) is 6.92 Å². The van der Waals surface area contributed by atoms with Crippen LogP contribution in [0.3, 0.4) is 0 Å². The minimum Gasteiger partial charge on any atom is -0.394 e. The highest BCUT2D eigenvalue weighted by Gasteiger charge is 2.23. The van der Waals surface area contributed by atoms with Crippen LogP contribution in [0.2, 0.25) is 0 Å². The zero-order valence-electron chi connectivity index (χ0n) is 14.3. The predicted molar refractivity (Wildman–Crippen MR) is 90.6 cm³/mol. The highest BCUT2D eigenvalue weighted by Crippen LogP contribution is 2.24. The van der Waals surface area contributed by atoms with Gasteiger partial charge in [-0.3, -0.25) is 0 Å². The van der Waals surface area contributed by atoms with Crippen molar-refractivity contribution in [3.05, 3.63) is 0 Å². The van der Waals surface area contributed by atoms with E-state index in [4.69, 9.17) is 9.84 Å². The molecule has 1 aliphatic heterocycles. The Labute approximate surface area is 132 Å². The molecule has 1 saturated heterocycles. The third kappa shape index (κ3) is 10.3. The first-order valence-electron chi connectivity index (χ1n) is 9.59. The molecule has 2 atom stereocenters. The molecule has 0 amide bonds. The molecule has 1 rings (SSSR count). The molecule has 2 nitrogen and oxygen atoms in total. The molecule has 21 heavy (non-hydrogen) atoms. The van der Waals surface area contributed by atoms with Crippen LogP contribution >= 0.6 is 0 Å². The number of hydrogen-bond acceptors (Lipinski definition) is 2. The average Bonchev–Trinajstić information content (AvgIpc) is 2.96. The van der Waals surface area contributed by atoms with Gasteiger partial charge in [0, 0.05) is 6.61 Å². The molecule has 0 bridgehead atoms. The lowest BCUT2D eigenvalue weighted by Gasteiger charge is -2.07. The third-order valence-corrected chi connectivity index (χ3v) is 4.83. The van der Waals surface area contributed by atoms with E-state index in [9.17, 15) is 0 Å². The van der Waals surface area contributed by atoms with Crippen molar-refractivity contribution in [2.45, 2.75) is 103 Å². The predicted octanol–water partition coefficient (Wildman–Crippen LogP) is 5.48. The van der Waals surface area contributed by atoms with Gasteiger partial charge in [0.2, 0.25) is 0 Å². The molecule has 2 heteroatoms. The highest BCUT2D eigenvalue weighted by molar-refractivity contribution is 4.72. The van der Waals surface area contributed by atoms with Gasteiger partial charge in [-0.15, -0.1) is 0 Å². The van der Waals surface area contributed by atoms with E-state index in [1.807, 2.05) is 0 Å². The van der Waals surface area contributed by atoms with Crippen molar-refractivity contribution in [1.29, 1.82) is 0 Å². The molecule has 0 spiro atoms. The van der Waals surface area contributed by atoms with Crippen molar-refractivity contribution in [2.75, 3.05) is 13.2 Å². The maximum Gasteiger partial charge on any atom is 0.0809 e. The lowest BCUT2D eigenvalue weighted by Crippen LogP contribution is -2.09. The molecule has 0 unspecified atom stereocenters. The zero-order chi connectivity index (χ0) is 15.2. The van der Waals surface area contributed by atoms with E-state index in [-0.39, 0.29) is 12.7 Å². The van der Waals surface area contributed by atoms with E-state index in [0.717, 1.165) is 13.0 Å². The zero-order valence-corrected chi connectivity index (χ0v) is 14.3. The Bertz CT molecular complexity index is 218. The van der Waals surface area contributed by atoms with E-state index in [1.54, 1.807) is 0 Å². The Kier molecular flexibility index (Phi) is 12.3. The molecule has 0 aromatic rings. The molecule has 126 valence electrons. The fraction of sp³-hybridized carbons (Fsp3) is 1.00. The average molecular weight is 299 g/mol. The van der Waals surface area contributed by atoms with Crippen LogP contribution < -0.4 is 0 Å². The van der Waals surface area contributed by atoms with E-state index in [1.165, 1.54) is 83.5 Å². The van der Waals surface area contributed by atoms with E-state index >= 15 is 0 Å². The summed E-state index contributed by atoms with van der Waals surface area (Å²) in [5.74, 6) is 0.713. The van der Waals surface area contributed by atoms with Crippen LogP contribution in [0.5, 0.6) is 0 Å². The summed E-state index contributed by atoms with van der Waals surface area (Å²) in [7, 11) is 0. The summed E-state index contributed by atoms with van der Waals surface area (Å²) in [6.45, 7) is 3.36. The van der Waals surface area contributed by atoms with Crippen molar-refractivity contribution in [2.24, 2.45) is 5.92 Å². The fourth-order valence-electron chi connectivity index (χ4n) is 3.38. The Morgan fingerprint density at radius 3 is 1.81 bits per heavy atom. The summed E-state index contributed by atoms with van der Waals surface area (Å²) in [6, 6.07) is 0. The van der Waals surface area contributed by atoms with E-state index in [0.29, 0.717) is 5.92 Å². The molecule has 1 heterocycles. The Morgan fingerprint density at radius 2 is 1.33 bits per heavy atom. The monoisotopic (exact) mass is 298 g/mol. The first-order chi connectivity index (χ1) is 10.4. The second kappa shape index (κ2) is 13.6. The topological polar surface area (TPSA) is 29.5 Å². The normalized spacial score (nSPS) is 22.0. The van der Waals surface area contributed by atoms with Crippen molar-refractivity contribution in [3.63, 3.8) is 0 Å². The van der Waals surface area contributed by atoms with Gasteiger partial charge in [-0.2, -0.15) is 0 Å². The minimum atomic E-state index is 0.132. The summed E-state index contributed by atoms with van der Waals surface area (Å²) < 4.78 is 5.52.